The number of carbonyl (C=O) groups is 3. The van der Waals surface area contributed by atoms with Gasteiger partial charge in [0.15, 0.2) is 0 Å². The first-order valence-electron chi connectivity index (χ1n) is 11.5. The summed E-state index contributed by atoms with van der Waals surface area (Å²) < 4.78 is 15.9. The molecule has 0 aromatic heterocycles. The Morgan fingerprint density at radius 1 is 0.909 bits per heavy atom. The summed E-state index contributed by atoms with van der Waals surface area (Å²) in [6.45, 7) is 15.1. The summed E-state index contributed by atoms with van der Waals surface area (Å²) in [7, 11) is 4.01. The van der Waals surface area contributed by atoms with E-state index in [1.165, 1.54) is 0 Å². The van der Waals surface area contributed by atoms with Crippen LogP contribution in [-0.2, 0) is 23.8 Å². The van der Waals surface area contributed by atoms with Crippen molar-refractivity contribution in [3.8, 4) is 0 Å². The quantitative estimate of drug-likeness (QED) is 0.186. The van der Waals surface area contributed by atoms with Crippen LogP contribution in [0.3, 0.4) is 0 Å². The highest BCUT2D eigenvalue weighted by Gasteiger charge is 2.32. The van der Waals surface area contributed by atoms with E-state index in [9.17, 15) is 14.4 Å². The Kier molecular flexibility index (Phi) is 15.9. The molecule has 0 aliphatic heterocycles. The molecular formula is C24H43N3O6. The second kappa shape index (κ2) is 17.1. The topological polar surface area (TPSA) is 97.4 Å². The Hall–Kier alpha value is -2.39. The first kappa shape index (κ1) is 30.6. The van der Waals surface area contributed by atoms with E-state index in [-0.39, 0.29) is 19.3 Å². The Bertz CT molecular complexity index is 585. The molecule has 0 saturated carbocycles. The molecule has 9 heteroatoms. The number of unbranched alkanes of at least 4 members (excludes halogenated alkanes) is 2. The van der Waals surface area contributed by atoms with E-state index in [0.717, 1.165) is 50.9 Å². The molecule has 33 heavy (non-hydrogen) atoms. The fourth-order valence-electron chi connectivity index (χ4n) is 2.99. The molecule has 0 atom stereocenters. The molecular weight excluding hydrogens is 426 g/mol. The molecule has 0 fully saturated rings. The van der Waals surface area contributed by atoms with Gasteiger partial charge in [0.2, 0.25) is 0 Å². The van der Waals surface area contributed by atoms with E-state index >= 15 is 0 Å². The van der Waals surface area contributed by atoms with Crippen molar-refractivity contribution in [2.24, 2.45) is 0 Å². The summed E-state index contributed by atoms with van der Waals surface area (Å²) in [6.07, 6.45) is 5.26. The SMILES string of the molecule is C=CC(=O)OCC(C)(COC(=O)C=C)NC(=O)OC(CN(C)CCCC)CN(C)CCCC. The van der Waals surface area contributed by atoms with Gasteiger partial charge in [-0.3, -0.25) is 0 Å². The zero-order chi connectivity index (χ0) is 25.3. The summed E-state index contributed by atoms with van der Waals surface area (Å²) >= 11 is 0. The van der Waals surface area contributed by atoms with Gasteiger partial charge in [0.1, 0.15) is 24.9 Å². The van der Waals surface area contributed by atoms with Crippen LogP contribution < -0.4 is 5.32 Å². The fraction of sp³-hybridized carbons (Fsp3) is 0.708. The molecule has 0 unspecified atom stereocenters. The number of amides is 1. The molecule has 1 amide bonds. The lowest BCUT2D eigenvalue weighted by molar-refractivity contribution is -0.144. The van der Waals surface area contributed by atoms with Crippen LogP contribution in [0.1, 0.15) is 46.5 Å². The zero-order valence-electron chi connectivity index (χ0n) is 21.1. The molecule has 0 aromatic rings. The molecule has 0 aliphatic rings. The second-order valence-corrected chi connectivity index (χ2v) is 8.57. The number of rotatable bonds is 18. The van der Waals surface area contributed by atoms with E-state index < -0.39 is 23.6 Å². The normalized spacial score (nSPS) is 11.4. The van der Waals surface area contributed by atoms with Gasteiger partial charge in [0.25, 0.3) is 0 Å². The van der Waals surface area contributed by atoms with Crippen molar-refractivity contribution in [1.29, 1.82) is 0 Å². The van der Waals surface area contributed by atoms with E-state index in [0.29, 0.717) is 13.1 Å². The smallest absolute Gasteiger partial charge is 0.408 e. The summed E-state index contributed by atoms with van der Waals surface area (Å²) in [4.78, 5) is 40.1. The number of hydrogen-bond acceptors (Lipinski definition) is 8. The van der Waals surface area contributed by atoms with Crippen molar-refractivity contribution in [2.45, 2.75) is 58.1 Å². The number of nitrogens with zero attached hydrogens (tertiary/aromatic N) is 2. The van der Waals surface area contributed by atoms with Gasteiger partial charge in [-0.25, -0.2) is 14.4 Å². The van der Waals surface area contributed by atoms with Crippen LogP contribution in [0.2, 0.25) is 0 Å². The second-order valence-electron chi connectivity index (χ2n) is 8.57. The lowest BCUT2D eigenvalue weighted by Gasteiger charge is -2.32. The van der Waals surface area contributed by atoms with Crippen LogP contribution in [0.15, 0.2) is 25.3 Å². The summed E-state index contributed by atoms with van der Waals surface area (Å²) in [5.41, 5.74) is -1.19. The highest BCUT2D eigenvalue weighted by atomic mass is 16.6. The van der Waals surface area contributed by atoms with Crippen LogP contribution in [0.5, 0.6) is 0 Å². The van der Waals surface area contributed by atoms with Crippen molar-refractivity contribution >= 4 is 18.0 Å². The number of nitrogens with one attached hydrogen (secondary N) is 1. The monoisotopic (exact) mass is 469 g/mol. The van der Waals surface area contributed by atoms with Gasteiger partial charge in [-0.05, 0) is 47.0 Å². The molecule has 0 spiro atoms. The van der Waals surface area contributed by atoms with Gasteiger partial charge in [0.05, 0.1) is 0 Å². The Labute approximate surface area is 199 Å². The molecule has 0 bridgehead atoms. The van der Waals surface area contributed by atoms with Gasteiger partial charge in [-0.1, -0.05) is 39.8 Å². The number of esters is 2. The molecule has 9 nitrogen and oxygen atoms in total. The average molecular weight is 470 g/mol. The minimum absolute atomic E-state index is 0.227. The predicted octanol–water partition coefficient (Wildman–Crippen LogP) is 2.76. The van der Waals surface area contributed by atoms with E-state index in [1.807, 2.05) is 14.1 Å². The first-order valence-corrected chi connectivity index (χ1v) is 11.5. The van der Waals surface area contributed by atoms with Crippen LogP contribution in [-0.4, -0.2) is 93.0 Å². The number of likely N-dealkylation sites (N-methyl/N-ethyl adjacent to an activating group) is 2. The van der Waals surface area contributed by atoms with E-state index in [2.05, 4.69) is 42.1 Å². The van der Waals surface area contributed by atoms with Crippen LogP contribution in [0.4, 0.5) is 4.79 Å². The van der Waals surface area contributed by atoms with Crippen LogP contribution in [0.25, 0.3) is 0 Å². The lowest BCUT2D eigenvalue weighted by atomic mass is 10.1. The third-order valence-corrected chi connectivity index (χ3v) is 4.89. The average Bonchev–Trinajstić information content (AvgIpc) is 2.77. The predicted molar refractivity (Wildman–Crippen MR) is 129 cm³/mol. The fourth-order valence-corrected chi connectivity index (χ4v) is 2.99. The maximum atomic E-state index is 12.8. The molecule has 0 heterocycles. The van der Waals surface area contributed by atoms with Gasteiger partial charge < -0.3 is 29.3 Å². The minimum Gasteiger partial charge on any atom is -0.460 e. The molecule has 0 aromatic carbocycles. The molecule has 1 N–H and O–H groups in total. The highest BCUT2D eigenvalue weighted by molar-refractivity contribution is 5.82. The standard InChI is InChI=1S/C24H43N3O6/c1-8-12-14-26(6)16-20(17-27(7)15-13-9-2)33-23(30)25-24(5,18-31-21(28)10-3)19-32-22(29)11-4/h10-11,20H,3-4,8-9,12-19H2,1-2,5-7H3,(H,25,30). The van der Waals surface area contributed by atoms with E-state index in [1.54, 1.807) is 6.92 Å². The van der Waals surface area contributed by atoms with Crippen molar-refractivity contribution in [2.75, 3.05) is 53.5 Å². The lowest BCUT2D eigenvalue weighted by Crippen LogP contribution is -2.55. The van der Waals surface area contributed by atoms with Crippen molar-refractivity contribution in [1.82, 2.24) is 15.1 Å². The number of ether oxygens (including phenoxy) is 3. The molecule has 0 aliphatic carbocycles. The van der Waals surface area contributed by atoms with Crippen molar-refractivity contribution in [3.63, 3.8) is 0 Å². The number of carbonyl (C=O) groups excluding carboxylic acids is 3. The first-order chi connectivity index (χ1) is 15.6. The number of alkyl carbamates (subject to hydrolysis) is 1. The number of hydrogen-bond donors (Lipinski definition) is 1. The Morgan fingerprint density at radius 3 is 1.70 bits per heavy atom. The third-order valence-electron chi connectivity index (χ3n) is 4.89. The molecule has 190 valence electrons. The van der Waals surface area contributed by atoms with Crippen molar-refractivity contribution < 1.29 is 28.6 Å². The van der Waals surface area contributed by atoms with Gasteiger partial charge >= 0.3 is 18.0 Å². The van der Waals surface area contributed by atoms with Gasteiger partial charge in [0, 0.05) is 25.2 Å². The highest BCUT2D eigenvalue weighted by Crippen LogP contribution is 2.10. The van der Waals surface area contributed by atoms with Crippen LogP contribution in [0, 0.1) is 0 Å². The Morgan fingerprint density at radius 2 is 1.33 bits per heavy atom. The van der Waals surface area contributed by atoms with E-state index in [4.69, 9.17) is 14.2 Å². The molecule has 0 radical (unpaired) electrons. The molecule has 0 rings (SSSR count). The zero-order valence-corrected chi connectivity index (χ0v) is 21.1. The summed E-state index contributed by atoms with van der Waals surface area (Å²) in [5.74, 6) is -1.31. The Balaban J connectivity index is 5.25. The van der Waals surface area contributed by atoms with Gasteiger partial charge in [-0.2, -0.15) is 0 Å². The summed E-state index contributed by atoms with van der Waals surface area (Å²) in [5, 5.41) is 2.69. The van der Waals surface area contributed by atoms with Gasteiger partial charge in [-0.15, -0.1) is 0 Å². The minimum atomic E-state index is -1.19. The molecule has 0 saturated heterocycles. The van der Waals surface area contributed by atoms with Crippen molar-refractivity contribution in [3.05, 3.63) is 25.3 Å². The third kappa shape index (κ3) is 15.1. The maximum absolute atomic E-state index is 12.8. The largest absolute Gasteiger partial charge is 0.460 e. The summed E-state index contributed by atoms with van der Waals surface area (Å²) in [6, 6.07) is 0. The maximum Gasteiger partial charge on any atom is 0.408 e. The van der Waals surface area contributed by atoms with Crippen LogP contribution >= 0.6 is 0 Å².